The molecule has 90 valence electrons. The Hall–Kier alpha value is -1.79. The van der Waals surface area contributed by atoms with Gasteiger partial charge >= 0.3 is 12.0 Å². The smallest absolute Gasteiger partial charge is 0.323 e. The van der Waals surface area contributed by atoms with Crippen LogP contribution in [0.2, 0.25) is 0 Å². The van der Waals surface area contributed by atoms with Gasteiger partial charge in [-0.25, -0.2) is 4.79 Å². The lowest BCUT2D eigenvalue weighted by Crippen LogP contribution is -2.44. The zero-order valence-corrected chi connectivity index (χ0v) is 9.02. The molecule has 1 fully saturated rings. The van der Waals surface area contributed by atoms with Crippen LogP contribution < -0.4 is 10.6 Å². The van der Waals surface area contributed by atoms with Crippen molar-refractivity contribution in [1.82, 2.24) is 15.5 Å². The minimum atomic E-state index is -1.08. The van der Waals surface area contributed by atoms with Gasteiger partial charge in [0.05, 0.1) is 6.54 Å². The summed E-state index contributed by atoms with van der Waals surface area (Å²) in [5.41, 5.74) is 0. The van der Waals surface area contributed by atoms with E-state index in [1.807, 2.05) is 0 Å². The van der Waals surface area contributed by atoms with Gasteiger partial charge in [-0.3, -0.25) is 9.59 Å². The van der Waals surface area contributed by atoms with Crippen molar-refractivity contribution >= 4 is 17.9 Å². The average Bonchev–Trinajstić information content (AvgIpc) is 2.96. The lowest BCUT2D eigenvalue weighted by Gasteiger charge is -2.14. The van der Waals surface area contributed by atoms with Crippen LogP contribution in [-0.4, -0.2) is 54.1 Å². The van der Waals surface area contributed by atoms with E-state index >= 15 is 0 Å². The first-order chi connectivity index (χ1) is 7.49. The van der Waals surface area contributed by atoms with E-state index in [0.717, 1.165) is 17.7 Å². The molecular weight excluding hydrogens is 214 g/mol. The fourth-order valence-electron chi connectivity index (χ4n) is 1.05. The Labute approximate surface area is 92.8 Å². The van der Waals surface area contributed by atoms with Crippen LogP contribution in [0.1, 0.15) is 12.8 Å². The van der Waals surface area contributed by atoms with Crippen molar-refractivity contribution in [2.24, 2.45) is 0 Å². The fourth-order valence-corrected chi connectivity index (χ4v) is 1.05. The number of hydrogen-bond acceptors (Lipinski definition) is 3. The molecule has 0 atom stereocenters. The normalized spacial score (nSPS) is 14.1. The zero-order chi connectivity index (χ0) is 12.1. The number of rotatable bonds is 5. The van der Waals surface area contributed by atoms with E-state index in [4.69, 9.17) is 5.11 Å². The highest BCUT2D eigenvalue weighted by Gasteiger charge is 2.23. The third-order valence-corrected chi connectivity index (χ3v) is 2.11. The summed E-state index contributed by atoms with van der Waals surface area (Å²) >= 11 is 0. The van der Waals surface area contributed by atoms with Gasteiger partial charge < -0.3 is 20.6 Å². The molecular formula is C9H15N3O4. The van der Waals surface area contributed by atoms with Crippen molar-refractivity contribution in [3.63, 3.8) is 0 Å². The molecule has 0 bridgehead atoms. The molecule has 0 aromatic carbocycles. The maximum atomic E-state index is 11.3. The SMILES string of the molecule is CN(CC(=O)O)C(=O)CNC(=O)NC1CC1. The van der Waals surface area contributed by atoms with Crippen molar-refractivity contribution in [2.45, 2.75) is 18.9 Å². The third kappa shape index (κ3) is 4.63. The minimum absolute atomic E-state index is 0.192. The van der Waals surface area contributed by atoms with E-state index in [9.17, 15) is 14.4 Å². The maximum absolute atomic E-state index is 11.3. The van der Waals surface area contributed by atoms with Gasteiger partial charge in [0.25, 0.3) is 0 Å². The highest BCUT2D eigenvalue weighted by Crippen LogP contribution is 2.18. The van der Waals surface area contributed by atoms with Crippen LogP contribution in [0.3, 0.4) is 0 Å². The Morgan fingerprint density at radius 2 is 2.00 bits per heavy atom. The van der Waals surface area contributed by atoms with Crippen LogP contribution in [0.25, 0.3) is 0 Å². The molecule has 16 heavy (non-hydrogen) atoms. The monoisotopic (exact) mass is 229 g/mol. The molecule has 0 aromatic heterocycles. The molecule has 0 aliphatic heterocycles. The molecule has 3 amide bonds. The number of hydrogen-bond donors (Lipinski definition) is 3. The van der Waals surface area contributed by atoms with Gasteiger partial charge in [-0.1, -0.05) is 0 Å². The minimum Gasteiger partial charge on any atom is -0.480 e. The lowest BCUT2D eigenvalue weighted by atomic mass is 10.5. The Balaban J connectivity index is 2.17. The number of carbonyl (C=O) groups is 3. The molecule has 0 radical (unpaired) electrons. The molecule has 3 N–H and O–H groups in total. The molecule has 0 heterocycles. The van der Waals surface area contributed by atoms with Gasteiger partial charge in [0.15, 0.2) is 0 Å². The van der Waals surface area contributed by atoms with Gasteiger partial charge in [-0.15, -0.1) is 0 Å². The molecule has 0 spiro atoms. The first kappa shape index (κ1) is 12.3. The van der Waals surface area contributed by atoms with Gasteiger partial charge in [0, 0.05) is 13.1 Å². The number of urea groups is 1. The van der Waals surface area contributed by atoms with Crippen LogP contribution in [0, 0.1) is 0 Å². The van der Waals surface area contributed by atoms with Crippen LogP contribution >= 0.6 is 0 Å². The summed E-state index contributed by atoms with van der Waals surface area (Å²) in [5, 5.41) is 13.5. The second-order valence-electron chi connectivity index (χ2n) is 3.74. The van der Waals surface area contributed by atoms with Crippen LogP contribution in [0.4, 0.5) is 4.79 Å². The summed E-state index contributed by atoms with van der Waals surface area (Å²) < 4.78 is 0. The predicted molar refractivity (Wildman–Crippen MR) is 54.8 cm³/mol. The standard InChI is InChI=1S/C9H15N3O4/c1-12(5-8(14)15)7(13)4-10-9(16)11-6-2-3-6/h6H,2-5H2,1H3,(H,14,15)(H2,10,11,16). The van der Waals surface area contributed by atoms with E-state index in [0.29, 0.717) is 0 Å². The summed E-state index contributed by atoms with van der Waals surface area (Å²) in [6, 6.07) is -0.161. The molecule has 0 unspecified atom stereocenters. The number of likely N-dealkylation sites (N-methyl/N-ethyl adjacent to an activating group) is 1. The first-order valence-corrected chi connectivity index (χ1v) is 4.99. The Morgan fingerprint density at radius 1 is 1.38 bits per heavy atom. The zero-order valence-electron chi connectivity index (χ0n) is 9.02. The van der Waals surface area contributed by atoms with Crippen molar-refractivity contribution in [3.8, 4) is 0 Å². The number of carbonyl (C=O) groups excluding carboxylic acids is 2. The number of nitrogens with zero attached hydrogens (tertiary/aromatic N) is 1. The second-order valence-corrected chi connectivity index (χ2v) is 3.74. The topological polar surface area (TPSA) is 98.7 Å². The fraction of sp³-hybridized carbons (Fsp3) is 0.667. The molecule has 1 aliphatic rings. The van der Waals surface area contributed by atoms with Crippen LogP contribution in [0.5, 0.6) is 0 Å². The lowest BCUT2D eigenvalue weighted by molar-refractivity contribution is -0.143. The molecule has 1 rings (SSSR count). The van der Waals surface area contributed by atoms with E-state index < -0.39 is 11.9 Å². The van der Waals surface area contributed by atoms with Crippen LogP contribution in [-0.2, 0) is 9.59 Å². The molecule has 1 saturated carbocycles. The highest BCUT2D eigenvalue weighted by molar-refractivity contribution is 5.86. The molecule has 7 heteroatoms. The number of amides is 3. The molecule has 0 saturated heterocycles. The van der Waals surface area contributed by atoms with Gasteiger partial charge in [-0.05, 0) is 12.8 Å². The number of carboxylic acid groups (broad SMARTS) is 1. The summed E-state index contributed by atoms with van der Waals surface area (Å²) in [4.78, 5) is 33.8. The second kappa shape index (κ2) is 5.34. The van der Waals surface area contributed by atoms with Crippen molar-refractivity contribution < 1.29 is 19.5 Å². The highest BCUT2D eigenvalue weighted by atomic mass is 16.4. The summed E-state index contributed by atoms with van der Waals surface area (Å²) in [7, 11) is 1.37. The molecule has 1 aliphatic carbocycles. The van der Waals surface area contributed by atoms with Crippen molar-refractivity contribution in [1.29, 1.82) is 0 Å². The first-order valence-electron chi connectivity index (χ1n) is 4.99. The van der Waals surface area contributed by atoms with Gasteiger partial charge in [0.1, 0.15) is 6.54 Å². The Bertz CT molecular complexity index is 301. The van der Waals surface area contributed by atoms with Crippen molar-refractivity contribution in [2.75, 3.05) is 20.1 Å². The number of aliphatic carboxylic acids is 1. The Morgan fingerprint density at radius 3 is 2.50 bits per heavy atom. The van der Waals surface area contributed by atoms with Gasteiger partial charge in [0.2, 0.25) is 5.91 Å². The van der Waals surface area contributed by atoms with E-state index in [1.165, 1.54) is 7.05 Å². The number of carboxylic acids is 1. The van der Waals surface area contributed by atoms with Crippen molar-refractivity contribution in [3.05, 3.63) is 0 Å². The number of nitrogens with one attached hydrogen (secondary N) is 2. The average molecular weight is 229 g/mol. The quantitative estimate of drug-likeness (QED) is 0.562. The summed E-state index contributed by atoms with van der Waals surface area (Å²) in [6.45, 7) is -0.562. The van der Waals surface area contributed by atoms with Gasteiger partial charge in [-0.2, -0.15) is 0 Å². The van der Waals surface area contributed by atoms with E-state index in [2.05, 4.69) is 10.6 Å². The Kier molecular flexibility index (Phi) is 4.10. The maximum Gasteiger partial charge on any atom is 0.323 e. The molecule has 0 aromatic rings. The third-order valence-electron chi connectivity index (χ3n) is 2.11. The van der Waals surface area contributed by atoms with Crippen LogP contribution in [0.15, 0.2) is 0 Å². The molecule has 7 nitrogen and oxygen atoms in total. The summed E-state index contributed by atoms with van der Waals surface area (Å²) in [5.74, 6) is -1.52. The van der Waals surface area contributed by atoms with E-state index in [1.54, 1.807) is 0 Å². The predicted octanol–water partition coefficient (Wildman–Crippen LogP) is -1.01. The van der Waals surface area contributed by atoms with E-state index in [-0.39, 0.29) is 25.2 Å². The summed E-state index contributed by atoms with van der Waals surface area (Å²) in [6.07, 6.45) is 1.95. The largest absolute Gasteiger partial charge is 0.480 e.